The van der Waals surface area contributed by atoms with Gasteiger partial charge in [0.15, 0.2) is 16.6 Å². The van der Waals surface area contributed by atoms with Crippen LogP contribution in [0.4, 0.5) is 4.79 Å². The number of azo groups is 2. The minimum Gasteiger partial charge on any atom is -0.354 e. The Morgan fingerprint density at radius 2 is 1.19 bits per heavy atom. The average molecular weight is 453 g/mol. The first-order valence-corrected chi connectivity index (χ1v) is 10.8. The summed E-state index contributed by atoms with van der Waals surface area (Å²) in [6.45, 7) is 15.2. The molecule has 0 aromatic rings. The lowest BCUT2D eigenvalue weighted by atomic mass is 10.0. The molecule has 0 spiro atoms. The van der Waals surface area contributed by atoms with E-state index in [2.05, 4.69) is 50.7 Å². The third kappa shape index (κ3) is 15.0. The van der Waals surface area contributed by atoms with Crippen LogP contribution in [-0.4, -0.2) is 47.6 Å². The van der Waals surface area contributed by atoms with Crippen molar-refractivity contribution in [2.24, 2.45) is 26.2 Å². The number of unbranched alkanes of at least 4 members (excludes halogenated alkanes) is 2. The fourth-order valence-corrected chi connectivity index (χ4v) is 1.73. The molecular weight excluding hydrogens is 412 g/mol. The Morgan fingerprint density at radius 1 is 0.812 bits per heavy atom. The highest BCUT2D eigenvalue weighted by molar-refractivity contribution is 5.86. The van der Waals surface area contributed by atoms with Crippen LogP contribution in [0.15, 0.2) is 20.5 Å². The van der Waals surface area contributed by atoms with Crippen LogP contribution in [0.25, 0.3) is 0 Å². The number of carbonyl (C=O) groups excluding carboxylic acids is 3. The van der Waals surface area contributed by atoms with E-state index in [-0.39, 0.29) is 11.8 Å². The second-order valence-corrected chi connectivity index (χ2v) is 8.75. The van der Waals surface area contributed by atoms with E-state index in [4.69, 9.17) is 5.26 Å². The predicted octanol–water partition coefficient (Wildman–Crippen LogP) is 3.65. The first kappa shape index (κ1) is 31.3. The maximum Gasteiger partial charge on any atom is 0.356 e. The summed E-state index contributed by atoms with van der Waals surface area (Å²) in [5.41, 5.74) is 1.73. The van der Waals surface area contributed by atoms with E-state index in [0.717, 1.165) is 25.7 Å². The van der Waals surface area contributed by atoms with Gasteiger partial charge in [0.25, 0.3) is 0 Å². The highest BCUT2D eigenvalue weighted by Crippen LogP contribution is 2.16. The minimum absolute atomic E-state index is 0.174. The molecule has 182 valence electrons. The molecule has 4 N–H and O–H groups in total. The number of primary amides is 1. The summed E-state index contributed by atoms with van der Waals surface area (Å²) in [6, 6.07) is 0.943. The number of nitrogens with zero attached hydrogens (tertiary/aromatic N) is 5. The van der Waals surface area contributed by atoms with Gasteiger partial charge in [-0.15, -0.1) is 0 Å². The predicted molar refractivity (Wildman–Crippen MR) is 123 cm³/mol. The lowest BCUT2D eigenvalue weighted by Gasteiger charge is -2.22. The summed E-state index contributed by atoms with van der Waals surface area (Å²) >= 11 is 0. The van der Waals surface area contributed by atoms with E-state index in [9.17, 15) is 14.4 Å². The van der Waals surface area contributed by atoms with Crippen molar-refractivity contribution in [2.75, 3.05) is 13.1 Å². The first-order chi connectivity index (χ1) is 14.6. The Labute approximate surface area is 191 Å². The van der Waals surface area contributed by atoms with Gasteiger partial charge in [0.1, 0.15) is 0 Å². The van der Waals surface area contributed by atoms with Crippen molar-refractivity contribution in [1.29, 1.82) is 5.26 Å². The molecule has 0 fully saturated rings. The molecular formula is C21H40N8O3. The van der Waals surface area contributed by atoms with Gasteiger partial charge in [0.2, 0.25) is 11.8 Å². The van der Waals surface area contributed by atoms with E-state index >= 15 is 0 Å². The van der Waals surface area contributed by atoms with Crippen molar-refractivity contribution < 1.29 is 14.4 Å². The number of rotatable bonds is 11. The van der Waals surface area contributed by atoms with Crippen LogP contribution >= 0.6 is 0 Å². The molecule has 0 bridgehead atoms. The SMILES string of the molecule is CC(C)(C#N)N=NC(N)=O.CCCCNC(=O)C(C)(C)N=NC(C)(C)C(=O)NCCCC. The minimum atomic E-state index is -0.977. The molecule has 0 aliphatic heterocycles. The van der Waals surface area contributed by atoms with Crippen LogP contribution in [-0.2, 0) is 9.59 Å². The van der Waals surface area contributed by atoms with Crippen LogP contribution in [0.2, 0.25) is 0 Å². The third-order valence-corrected chi connectivity index (χ3v) is 3.97. The van der Waals surface area contributed by atoms with Gasteiger partial charge in [-0.25, -0.2) is 4.79 Å². The molecule has 11 nitrogen and oxygen atoms in total. The monoisotopic (exact) mass is 452 g/mol. The Balaban J connectivity index is 0. The second kappa shape index (κ2) is 15.0. The standard InChI is InChI=1S/C16H32N4O2.C5H8N4O/c1-7-9-11-17-13(21)15(3,4)19-20-16(5,6)14(22)18-12-10-8-2;1-5(2,3-6)9-8-4(7)10/h7-12H2,1-6H3,(H,17,21)(H,18,22);1-2H3,(H2,7,10). The molecule has 0 saturated carbocycles. The number of amides is 4. The largest absolute Gasteiger partial charge is 0.356 e. The number of nitriles is 1. The third-order valence-electron chi connectivity index (χ3n) is 3.97. The molecule has 4 amide bonds. The van der Waals surface area contributed by atoms with Gasteiger partial charge >= 0.3 is 6.03 Å². The molecule has 0 atom stereocenters. The topological polar surface area (TPSA) is 175 Å². The van der Waals surface area contributed by atoms with Gasteiger partial charge < -0.3 is 16.4 Å². The van der Waals surface area contributed by atoms with Gasteiger partial charge in [-0.3, -0.25) is 9.59 Å². The Kier molecular flexibility index (Phi) is 14.7. The van der Waals surface area contributed by atoms with Gasteiger partial charge in [-0.05, 0) is 54.4 Å². The van der Waals surface area contributed by atoms with Crippen molar-refractivity contribution in [3.05, 3.63) is 0 Å². The Hall–Kier alpha value is -2.90. The molecule has 0 radical (unpaired) electrons. The molecule has 0 aromatic carbocycles. The molecule has 32 heavy (non-hydrogen) atoms. The summed E-state index contributed by atoms with van der Waals surface area (Å²) in [7, 11) is 0. The summed E-state index contributed by atoms with van der Waals surface area (Å²) in [4.78, 5) is 34.2. The fourth-order valence-electron chi connectivity index (χ4n) is 1.73. The number of nitrogens with two attached hydrogens (primary N) is 1. The number of carbonyl (C=O) groups is 3. The quantitative estimate of drug-likeness (QED) is 0.320. The normalized spacial score (nSPS) is 12.1. The Morgan fingerprint density at radius 3 is 1.47 bits per heavy atom. The molecule has 0 heterocycles. The zero-order valence-corrected chi connectivity index (χ0v) is 20.8. The van der Waals surface area contributed by atoms with E-state index in [1.165, 1.54) is 13.8 Å². The summed E-state index contributed by atoms with van der Waals surface area (Å²) < 4.78 is 0. The average Bonchev–Trinajstić information content (AvgIpc) is 2.71. The van der Waals surface area contributed by atoms with Crippen LogP contribution in [0.1, 0.15) is 81.1 Å². The molecule has 0 aromatic heterocycles. The van der Waals surface area contributed by atoms with E-state index < -0.39 is 22.6 Å². The van der Waals surface area contributed by atoms with E-state index in [0.29, 0.717) is 13.1 Å². The molecule has 0 aliphatic carbocycles. The molecule has 0 saturated heterocycles. The van der Waals surface area contributed by atoms with Crippen LogP contribution in [0.3, 0.4) is 0 Å². The maximum absolute atomic E-state index is 12.1. The highest BCUT2D eigenvalue weighted by Gasteiger charge is 2.31. The van der Waals surface area contributed by atoms with Crippen LogP contribution < -0.4 is 16.4 Å². The number of urea groups is 1. The first-order valence-electron chi connectivity index (χ1n) is 10.8. The smallest absolute Gasteiger partial charge is 0.354 e. The maximum atomic E-state index is 12.1. The van der Waals surface area contributed by atoms with Gasteiger partial charge in [0.05, 0.1) is 6.07 Å². The molecule has 0 aliphatic rings. The second-order valence-electron chi connectivity index (χ2n) is 8.75. The number of nitrogens with one attached hydrogen (secondary N) is 2. The Bertz CT molecular complexity index is 670. The summed E-state index contributed by atoms with van der Waals surface area (Å²) in [6.07, 6.45) is 3.91. The number of hydrogen-bond acceptors (Lipinski definition) is 7. The lowest BCUT2D eigenvalue weighted by molar-refractivity contribution is -0.127. The summed E-state index contributed by atoms with van der Waals surface area (Å²) in [5, 5.41) is 28.6. The summed E-state index contributed by atoms with van der Waals surface area (Å²) in [5.74, 6) is -0.348. The van der Waals surface area contributed by atoms with Crippen molar-refractivity contribution in [3.63, 3.8) is 0 Å². The van der Waals surface area contributed by atoms with Gasteiger partial charge in [-0.2, -0.15) is 20.6 Å². The molecule has 0 unspecified atom stereocenters. The molecule has 11 heteroatoms. The van der Waals surface area contributed by atoms with Crippen molar-refractivity contribution in [1.82, 2.24) is 10.6 Å². The van der Waals surface area contributed by atoms with Crippen molar-refractivity contribution >= 4 is 17.8 Å². The van der Waals surface area contributed by atoms with Gasteiger partial charge in [-0.1, -0.05) is 31.8 Å². The fraction of sp³-hybridized carbons (Fsp3) is 0.810. The van der Waals surface area contributed by atoms with Crippen LogP contribution in [0, 0.1) is 11.3 Å². The zero-order chi connectivity index (χ0) is 25.4. The zero-order valence-electron chi connectivity index (χ0n) is 20.8. The number of hydrogen-bond donors (Lipinski definition) is 3. The van der Waals surface area contributed by atoms with E-state index in [1.54, 1.807) is 27.7 Å². The van der Waals surface area contributed by atoms with Crippen molar-refractivity contribution in [2.45, 2.75) is 97.7 Å². The van der Waals surface area contributed by atoms with Crippen molar-refractivity contribution in [3.8, 4) is 6.07 Å². The van der Waals surface area contributed by atoms with Crippen LogP contribution in [0.5, 0.6) is 0 Å². The lowest BCUT2D eigenvalue weighted by Crippen LogP contribution is -2.43. The van der Waals surface area contributed by atoms with Gasteiger partial charge in [0, 0.05) is 13.1 Å². The highest BCUT2D eigenvalue weighted by atomic mass is 16.2. The van der Waals surface area contributed by atoms with E-state index in [1.807, 2.05) is 6.07 Å². The molecule has 0 rings (SSSR count).